The zero-order chi connectivity index (χ0) is 15.7. The van der Waals surface area contributed by atoms with Crippen molar-refractivity contribution in [2.45, 2.75) is 6.92 Å². The molecule has 0 saturated carbocycles. The summed E-state index contributed by atoms with van der Waals surface area (Å²) in [5, 5.41) is 3.69. The Morgan fingerprint density at radius 2 is 1.86 bits per heavy atom. The summed E-state index contributed by atoms with van der Waals surface area (Å²) >= 11 is 6.11. The van der Waals surface area contributed by atoms with Gasteiger partial charge in [0.25, 0.3) is 0 Å². The molecule has 0 aliphatic heterocycles. The molecular formula is C16H16ClN3O2. The minimum Gasteiger partial charge on any atom is -0.495 e. The summed E-state index contributed by atoms with van der Waals surface area (Å²) in [6, 6.07) is 9.53. The number of halogens is 1. The van der Waals surface area contributed by atoms with E-state index >= 15 is 0 Å². The maximum atomic E-state index is 6.11. The molecule has 114 valence electrons. The van der Waals surface area contributed by atoms with Crippen molar-refractivity contribution in [3.05, 3.63) is 40.9 Å². The number of nitrogens with zero attached hydrogens (tertiary/aromatic N) is 1. The number of H-pyrrole nitrogens is 1. The highest BCUT2D eigenvalue weighted by atomic mass is 35.5. The summed E-state index contributed by atoms with van der Waals surface area (Å²) in [6.45, 7) is 2.04. The molecule has 0 atom stereocenters. The van der Waals surface area contributed by atoms with Crippen molar-refractivity contribution in [2.75, 3.05) is 19.5 Å². The summed E-state index contributed by atoms with van der Waals surface area (Å²) in [5.74, 6) is 1.81. The molecule has 0 spiro atoms. The lowest BCUT2D eigenvalue weighted by Crippen LogP contribution is -1.97. The molecular weight excluding hydrogens is 302 g/mol. The fraction of sp³-hybridized carbons (Fsp3) is 0.188. The molecule has 1 heterocycles. The molecule has 3 rings (SSSR count). The highest BCUT2D eigenvalue weighted by molar-refractivity contribution is 6.32. The van der Waals surface area contributed by atoms with Crippen LogP contribution in [0.15, 0.2) is 30.3 Å². The number of aromatic nitrogens is 2. The number of benzene rings is 2. The average Bonchev–Trinajstić information content (AvgIpc) is 2.89. The number of aryl methyl sites for hydroxylation is 1. The molecule has 6 heteroatoms. The second-order valence-corrected chi connectivity index (χ2v) is 5.33. The van der Waals surface area contributed by atoms with Crippen LogP contribution < -0.4 is 14.8 Å². The van der Waals surface area contributed by atoms with Crippen LogP contribution in [0.5, 0.6) is 11.5 Å². The molecule has 0 amide bonds. The van der Waals surface area contributed by atoms with Gasteiger partial charge in [0, 0.05) is 12.1 Å². The molecule has 3 aromatic rings. The van der Waals surface area contributed by atoms with E-state index in [-0.39, 0.29) is 0 Å². The van der Waals surface area contributed by atoms with Crippen molar-refractivity contribution in [1.82, 2.24) is 9.97 Å². The number of nitrogens with one attached hydrogen (secondary N) is 2. The zero-order valence-electron chi connectivity index (χ0n) is 12.5. The van der Waals surface area contributed by atoms with E-state index in [1.54, 1.807) is 26.4 Å². The van der Waals surface area contributed by atoms with Crippen molar-refractivity contribution in [3.63, 3.8) is 0 Å². The second kappa shape index (κ2) is 5.77. The van der Waals surface area contributed by atoms with E-state index in [1.165, 1.54) is 5.56 Å². The predicted molar refractivity (Wildman–Crippen MR) is 88.7 cm³/mol. The smallest absolute Gasteiger partial charge is 0.205 e. The van der Waals surface area contributed by atoms with Gasteiger partial charge in [-0.25, -0.2) is 4.98 Å². The van der Waals surface area contributed by atoms with Gasteiger partial charge in [0.15, 0.2) is 0 Å². The van der Waals surface area contributed by atoms with Crippen molar-refractivity contribution >= 4 is 34.3 Å². The molecule has 0 bridgehead atoms. The molecule has 0 aliphatic carbocycles. The van der Waals surface area contributed by atoms with Crippen LogP contribution in [0.25, 0.3) is 11.0 Å². The van der Waals surface area contributed by atoms with E-state index in [4.69, 9.17) is 21.1 Å². The van der Waals surface area contributed by atoms with Gasteiger partial charge in [0.2, 0.25) is 5.95 Å². The molecule has 2 N–H and O–H groups in total. The highest BCUT2D eigenvalue weighted by Crippen LogP contribution is 2.37. The summed E-state index contributed by atoms with van der Waals surface area (Å²) in [7, 11) is 3.16. The van der Waals surface area contributed by atoms with Crippen LogP contribution in [0, 0.1) is 6.92 Å². The molecule has 2 aromatic carbocycles. The second-order valence-electron chi connectivity index (χ2n) is 4.92. The van der Waals surface area contributed by atoms with Crippen LogP contribution in [-0.2, 0) is 0 Å². The minimum atomic E-state index is 0.491. The number of hydrogen-bond acceptors (Lipinski definition) is 4. The minimum absolute atomic E-state index is 0.491. The topological polar surface area (TPSA) is 59.2 Å². The predicted octanol–water partition coefficient (Wildman–Crippen LogP) is 4.29. The van der Waals surface area contributed by atoms with E-state index in [0.29, 0.717) is 22.5 Å². The fourth-order valence-corrected chi connectivity index (χ4v) is 2.50. The first-order chi connectivity index (χ1) is 10.6. The number of fused-ring (bicyclic) bond motifs is 1. The molecule has 0 saturated heterocycles. The van der Waals surface area contributed by atoms with Gasteiger partial charge in [-0.05, 0) is 24.6 Å². The van der Waals surface area contributed by atoms with Crippen LogP contribution in [0.4, 0.5) is 11.6 Å². The number of methoxy groups -OCH3 is 2. The Labute approximate surface area is 133 Å². The maximum Gasteiger partial charge on any atom is 0.205 e. The van der Waals surface area contributed by atoms with E-state index < -0.39 is 0 Å². The van der Waals surface area contributed by atoms with E-state index in [9.17, 15) is 0 Å². The van der Waals surface area contributed by atoms with Crippen LogP contribution in [-0.4, -0.2) is 24.2 Å². The Morgan fingerprint density at radius 1 is 1.09 bits per heavy atom. The summed E-state index contributed by atoms with van der Waals surface area (Å²) in [5.41, 5.74) is 3.77. The lowest BCUT2D eigenvalue weighted by Gasteiger charge is -2.12. The number of rotatable bonds is 4. The largest absolute Gasteiger partial charge is 0.495 e. The van der Waals surface area contributed by atoms with E-state index in [0.717, 1.165) is 16.7 Å². The fourth-order valence-electron chi connectivity index (χ4n) is 2.27. The molecule has 0 radical (unpaired) electrons. The number of anilines is 2. The molecule has 5 nitrogen and oxygen atoms in total. The van der Waals surface area contributed by atoms with E-state index in [2.05, 4.69) is 15.3 Å². The first-order valence-corrected chi connectivity index (χ1v) is 7.13. The third-order valence-corrected chi connectivity index (χ3v) is 3.66. The number of ether oxygens (including phenoxy) is 2. The zero-order valence-corrected chi connectivity index (χ0v) is 13.3. The third kappa shape index (κ3) is 2.67. The number of imidazole rings is 1. The van der Waals surface area contributed by atoms with Crippen LogP contribution in [0.2, 0.25) is 5.02 Å². The van der Waals surface area contributed by atoms with Gasteiger partial charge in [0.1, 0.15) is 11.5 Å². The average molecular weight is 318 g/mol. The summed E-state index contributed by atoms with van der Waals surface area (Å²) < 4.78 is 10.6. The Hall–Kier alpha value is -2.40. The monoisotopic (exact) mass is 317 g/mol. The Balaban J connectivity index is 2.00. The van der Waals surface area contributed by atoms with Gasteiger partial charge in [0.05, 0.1) is 36.0 Å². The van der Waals surface area contributed by atoms with Crippen molar-refractivity contribution in [1.29, 1.82) is 0 Å². The lowest BCUT2D eigenvalue weighted by atomic mass is 10.2. The van der Waals surface area contributed by atoms with Crippen LogP contribution in [0.1, 0.15) is 5.56 Å². The van der Waals surface area contributed by atoms with Gasteiger partial charge < -0.3 is 19.8 Å². The standard InChI is InChI=1S/C16H16ClN3O2/c1-9-4-5-11-12(6-9)19-16(18-11)20-13-8-14(21-2)10(17)7-15(13)22-3/h4-8H,1-3H3,(H2,18,19,20). The normalized spacial score (nSPS) is 10.7. The van der Waals surface area contributed by atoms with Crippen molar-refractivity contribution in [3.8, 4) is 11.5 Å². The molecule has 1 aromatic heterocycles. The van der Waals surface area contributed by atoms with Crippen molar-refractivity contribution in [2.24, 2.45) is 0 Å². The number of hydrogen-bond donors (Lipinski definition) is 2. The van der Waals surface area contributed by atoms with Crippen molar-refractivity contribution < 1.29 is 9.47 Å². The van der Waals surface area contributed by atoms with Crippen LogP contribution in [0.3, 0.4) is 0 Å². The van der Waals surface area contributed by atoms with Gasteiger partial charge in [-0.3, -0.25) is 0 Å². The highest BCUT2D eigenvalue weighted by Gasteiger charge is 2.12. The van der Waals surface area contributed by atoms with Gasteiger partial charge in [-0.1, -0.05) is 17.7 Å². The lowest BCUT2D eigenvalue weighted by molar-refractivity contribution is 0.405. The Morgan fingerprint density at radius 3 is 2.59 bits per heavy atom. The van der Waals surface area contributed by atoms with Crippen LogP contribution >= 0.6 is 11.6 Å². The van der Waals surface area contributed by atoms with E-state index in [1.807, 2.05) is 25.1 Å². The quantitative estimate of drug-likeness (QED) is 0.753. The molecule has 0 unspecified atom stereocenters. The van der Waals surface area contributed by atoms with Gasteiger partial charge in [-0.15, -0.1) is 0 Å². The number of aromatic amines is 1. The van der Waals surface area contributed by atoms with Gasteiger partial charge in [-0.2, -0.15) is 0 Å². The first kappa shape index (κ1) is 14.5. The maximum absolute atomic E-state index is 6.11. The first-order valence-electron chi connectivity index (χ1n) is 6.75. The SMILES string of the molecule is COc1cc(Nc2nc3ccc(C)cc3[nH]2)c(OC)cc1Cl. The Kier molecular flexibility index (Phi) is 3.81. The molecule has 0 aliphatic rings. The third-order valence-electron chi connectivity index (χ3n) is 3.36. The molecule has 22 heavy (non-hydrogen) atoms. The summed E-state index contributed by atoms with van der Waals surface area (Å²) in [6.07, 6.45) is 0. The molecule has 0 fully saturated rings. The van der Waals surface area contributed by atoms with Gasteiger partial charge >= 0.3 is 0 Å². The summed E-state index contributed by atoms with van der Waals surface area (Å²) in [4.78, 5) is 7.74. The Bertz CT molecular complexity index is 830.